The predicted octanol–water partition coefficient (Wildman–Crippen LogP) is 2.60. The Morgan fingerprint density at radius 3 is 2.36 bits per heavy atom. The van der Waals surface area contributed by atoms with Gasteiger partial charge in [-0.15, -0.1) is 0 Å². The number of allylic oxidation sites excluding steroid dienone is 2. The molecule has 0 aromatic carbocycles. The lowest BCUT2D eigenvalue weighted by atomic mass is 10.2. The molecule has 0 N–H and O–H groups in total. The summed E-state index contributed by atoms with van der Waals surface area (Å²) in [4.78, 5) is 0. The first-order valence-electron chi connectivity index (χ1n) is 4.11. The van der Waals surface area contributed by atoms with E-state index >= 15 is 0 Å². The highest BCUT2D eigenvalue weighted by Gasteiger charge is 2.21. The van der Waals surface area contributed by atoms with Crippen LogP contribution in [0, 0.1) is 0 Å². The Morgan fingerprint density at radius 2 is 2.00 bits per heavy atom. The molecule has 1 heterocycles. The van der Waals surface area contributed by atoms with Crippen LogP contribution in [0.15, 0.2) is 23.9 Å². The molecule has 0 aromatic rings. The van der Waals surface area contributed by atoms with Crippen molar-refractivity contribution in [1.82, 2.24) is 4.57 Å². The molecule has 11 heavy (non-hydrogen) atoms. The van der Waals surface area contributed by atoms with E-state index < -0.39 is 8.24 Å². The molecule has 62 valence electrons. The van der Waals surface area contributed by atoms with Crippen molar-refractivity contribution < 1.29 is 0 Å². The van der Waals surface area contributed by atoms with E-state index in [0.29, 0.717) is 0 Å². The largest absolute Gasteiger partial charge is 0.400 e. The molecular weight excluding hydrogens is 150 g/mol. The Bertz CT molecular complexity index is 198. The fourth-order valence-corrected chi connectivity index (χ4v) is 2.40. The highest BCUT2D eigenvalue weighted by Crippen LogP contribution is 2.15. The standard InChI is InChI=1S/C9H17NSi/c1-9-6-5-7-10(8-9)11(2,3)4/h5-7H,8H2,1-4H3. The van der Waals surface area contributed by atoms with Crippen LogP contribution in [-0.4, -0.2) is 19.3 Å². The zero-order chi connectivity index (χ0) is 8.48. The summed E-state index contributed by atoms with van der Waals surface area (Å²) in [5, 5.41) is 0. The van der Waals surface area contributed by atoms with Gasteiger partial charge in [-0.2, -0.15) is 0 Å². The maximum Gasteiger partial charge on any atom is 0.147 e. The van der Waals surface area contributed by atoms with Crippen molar-refractivity contribution >= 4 is 8.24 Å². The average Bonchev–Trinajstić information content (AvgIpc) is 1.86. The van der Waals surface area contributed by atoms with E-state index in [0.717, 1.165) is 6.54 Å². The van der Waals surface area contributed by atoms with Crippen molar-refractivity contribution in [2.24, 2.45) is 0 Å². The molecule has 0 atom stereocenters. The van der Waals surface area contributed by atoms with Crippen LogP contribution in [0.3, 0.4) is 0 Å². The molecule has 0 bridgehead atoms. The van der Waals surface area contributed by atoms with Crippen molar-refractivity contribution in [1.29, 1.82) is 0 Å². The van der Waals surface area contributed by atoms with Crippen molar-refractivity contribution in [3.63, 3.8) is 0 Å². The second kappa shape index (κ2) is 2.86. The van der Waals surface area contributed by atoms with Gasteiger partial charge in [0.25, 0.3) is 0 Å². The lowest BCUT2D eigenvalue weighted by Crippen LogP contribution is -2.43. The van der Waals surface area contributed by atoms with Gasteiger partial charge in [0, 0.05) is 6.54 Å². The molecular formula is C9H17NSi. The molecule has 1 rings (SSSR count). The quantitative estimate of drug-likeness (QED) is 0.543. The molecule has 0 unspecified atom stereocenters. The van der Waals surface area contributed by atoms with E-state index in [1.54, 1.807) is 0 Å². The van der Waals surface area contributed by atoms with Gasteiger partial charge >= 0.3 is 0 Å². The van der Waals surface area contributed by atoms with Gasteiger partial charge in [-0.25, -0.2) is 0 Å². The normalized spacial score (nSPS) is 18.5. The van der Waals surface area contributed by atoms with E-state index in [2.05, 4.69) is 49.5 Å². The number of nitrogens with zero attached hydrogens (tertiary/aromatic N) is 1. The van der Waals surface area contributed by atoms with E-state index in [-0.39, 0.29) is 0 Å². The average molecular weight is 167 g/mol. The van der Waals surface area contributed by atoms with Crippen molar-refractivity contribution in [3.8, 4) is 0 Å². The molecule has 1 aliphatic rings. The van der Waals surface area contributed by atoms with Gasteiger partial charge in [-0.05, 0) is 19.2 Å². The van der Waals surface area contributed by atoms with Gasteiger partial charge in [0.2, 0.25) is 0 Å². The summed E-state index contributed by atoms with van der Waals surface area (Å²) in [6, 6.07) is 0. The Hall–Kier alpha value is -0.503. The van der Waals surface area contributed by atoms with Crippen LogP contribution in [0.25, 0.3) is 0 Å². The third-order valence-corrected chi connectivity index (χ3v) is 3.96. The highest BCUT2D eigenvalue weighted by atomic mass is 28.3. The van der Waals surface area contributed by atoms with Crippen LogP contribution in [0.1, 0.15) is 6.92 Å². The smallest absolute Gasteiger partial charge is 0.147 e. The Kier molecular flexibility index (Phi) is 2.23. The van der Waals surface area contributed by atoms with Crippen molar-refractivity contribution in [2.75, 3.05) is 6.54 Å². The van der Waals surface area contributed by atoms with Gasteiger partial charge < -0.3 is 4.57 Å². The van der Waals surface area contributed by atoms with E-state index in [1.165, 1.54) is 5.57 Å². The second-order valence-corrected chi connectivity index (χ2v) is 9.07. The first-order valence-corrected chi connectivity index (χ1v) is 7.55. The molecule has 0 amide bonds. The SMILES string of the molecule is CC1=CC=CN([Si](C)(C)C)C1. The van der Waals surface area contributed by atoms with Crippen LogP contribution >= 0.6 is 0 Å². The van der Waals surface area contributed by atoms with Crippen molar-refractivity contribution in [2.45, 2.75) is 26.6 Å². The highest BCUT2D eigenvalue weighted by molar-refractivity contribution is 6.73. The summed E-state index contributed by atoms with van der Waals surface area (Å²) >= 11 is 0. The third-order valence-electron chi connectivity index (χ3n) is 1.93. The minimum absolute atomic E-state index is 1.09. The van der Waals surface area contributed by atoms with Gasteiger partial charge in [0.1, 0.15) is 8.24 Å². The molecule has 0 radical (unpaired) electrons. The maximum absolute atomic E-state index is 2.49. The topological polar surface area (TPSA) is 3.24 Å². The fourth-order valence-electron chi connectivity index (χ4n) is 1.15. The number of rotatable bonds is 1. The van der Waals surface area contributed by atoms with Crippen molar-refractivity contribution in [3.05, 3.63) is 23.9 Å². The first-order chi connectivity index (χ1) is 5.00. The van der Waals surface area contributed by atoms with E-state index in [9.17, 15) is 0 Å². The fraction of sp³-hybridized carbons (Fsp3) is 0.556. The molecule has 2 heteroatoms. The van der Waals surface area contributed by atoms with E-state index in [4.69, 9.17) is 0 Å². The van der Waals surface area contributed by atoms with Crippen LogP contribution < -0.4 is 0 Å². The molecule has 0 saturated heterocycles. The lowest BCUT2D eigenvalue weighted by Gasteiger charge is -2.34. The molecule has 0 aromatic heterocycles. The second-order valence-electron chi connectivity index (χ2n) is 4.15. The van der Waals surface area contributed by atoms with Crippen LogP contribution in [0.2, 0.25) is 19.6 Å². The number of hydrogen-bond acceptors (Lipinski definition) is 1. The van der Waals surface area contributed by atoms with Crippen LogP contribution in [0.4, 0.5) is 0 Å². The predicted molar refractivity (Wildman–Crippen MR) is 52.9 cm³/mol. The van der Waals surface area contributed by atoms with Gasteiger partial charge in [-0.3, -0.25) is 0 Å². The van der Waals surface area contributed by atoms with Gasteiger partial charge in [0.05, 0.1) is 0 Å². The summed E-state index contributed by atoms with van der Waals surface area (Å²) in [5.41, 5.74) is 1.47. The van der Waals surface area contributed by atoms with Crippen LogP contribution in [-0.2, 0) is 0 Å². The minimum Gasteiger partial charge on any atom is -0.400 e. The first kappa shape index (κ1) is 8.59. The number of hydrogen-bond donors (Lipinski definition) is 0. The summed E-state index contributed by atoms with van der Waals surface area (Å²) < 4.78 is 2.49. The third kappa shape index (κ3) is 2.22. The monoisotopic (exact) mass is 167 g/mol. The Morgan fingerprint density at radius 1 is 1.36 bits per heavy atom. The van der Waals surface area contributed by atoms with Gasteiger partial charge in [-0.1, -0.05) is 31.3 Å². The molecule has 1 aliphatic heterocycles. The minimum atomic E-state index is -1.09. The summed E-state index contributed by atoms with van der Waals surface area (Å²) in [7, 11) is -1.09. The molecule has 0 fully saturated rings. The zero-order valence-corrected chi connectivity index (χ0v) is 8.89. The molecule has 0 spiro atoms. The zero-order valence-electron chi connectivity index (χ0n) is 7.89. The van der Waals surface area contributed by atoms with Crippen LogP contribution in [0.5, 0.6) is 0 Å². The van der Waals surface area contributed by atoms with E-state index in [1.807, 2.05) is 0 Å². The molecule has 0 saturated carbocycles. The summed E-state index contributed by atoms with van der Waals surface area (Å²) in [5.74, 6) is 0. The van der Waals surface area contributed by atoms with Gasteiger partial charge in [0.15, 0.2) is 0 Å². The Labute approximate surface area is 70.5 Å². The Balaban J connectivity index is 2.67. The molecule has 0 aliphatic carbocycles. The lowest BCUT2D eigenvalue weighted by molar-refractivity contribution is 0.601. The summed E-state index contributed by atoms with van der Waals surface area (Å²) in [6.45, 7) is 10.4. The maximum atomic E-state index is 2.49. The summed E-state index contributed by atoms with van der Waals surface area (Å²) in [6.07, 6.45) is 6.56. The molecule has 1 nitrogen and oxygen atoms in total.